The van der Waals surface area contributed by atoms with E-state index in [4.69, 9.17) is 4.74 Å². The van der Waals surface area contributed by atoms with Crippen LogP contribution < -0.4 is 10.1 Å². The Kier molecular flexibility index (Phi) is 4.91. The van der Waals surface area contributed by atoms with E-state index in [1.54, 1.807) is 10.7 Å². The molecule has 6 heteroatoms. The molecule has 0 atom stereocenters. The fraction of sp³-hybridized carbons (Fsp3) is 0.364. The summed E-state index contributed by atoms with van der Waals surface area (Å²) in [4.78, 5) is 12.6. The van der Waals surface area contributed by atoms with Gasteiger partial charge in [0.15, 0.2) is 0 Å². The maximum atomic E-state index is 12.6. The molecule has 1 aliphatic carbocycles. The van der Waals surface area contributed by atoms with Gasteiger partial charge in [-0.05, 0) is 51.2 Å². The van der Waals surface area contributed by atoms with Crippen LogP contribution >= 0.6 is 15.9 Å². The summed E-state index contributed by atoms with van der Waals surface area (Å²) in [6, 6.07) is 12.1. The zero-order valence-corrected chi connectivity index (χ0v) is 17.9. The normalized spacial score (nSPS) is 19.3. The SMILES string of the molecule is CC(C)(C)c1ccc(OC2CC(NC(=O)c3cnn4ccccc34)C2)c(Br)c1. The van der Waals surface area contributed by atoms with Crippen molar-refractivity contribution in [3.05, 3.63) is 64.4 Å². The summed E-state index contributed by atoms with van der Waals surface area (Å²) in [7, 11) is 0. The molecule has 3 aromatic rings. The van der Waals surface area contributed by atoms with E-state index in [1.165, 1.54) is 5.56 Å². The van der Waals surface area contributed by atoms with E-state index in [0.29, 0.717) is 5.56 Å². The molecule has 1 fully saturated rings. The fourth-order valence-corrected chi connectivity index (χ4v) is 3.87. The van der Waals surface area contributed by atoms with Gasteiger partial charge in [0, 0.05) is 25.1 Å². The number of ether oxygens (including phenoxy) is 1. The van der Waals surface area contributed by atoms with Gasteiger partial charge < -0.3 is 10.1 Å². The van der Waals surface area contributed by atoms with Crippen molar-refractivity contribution in [1.82, 2.24) is 14.9 Å². The molecule has 28 heavy (non-hydrogen) atoms. The standard InChI is InChI=1S/C22H24BrN3O2/c1-22(2,3)14-7-8-20(18(23)10-14)28-16-11-15(12-16)25-21(27)17-13-24-26-9-5-4-6-19(17)26/h4-10,13,15-16H,11-12H2,1-3H3,(H,25,27). The first kappa shape index (κ1) is 19.0. The van der Waals surface area contributed by atoms with E-state index in [0.717, 1.165) is 28.6 Å². The highest BCUT2D eigenvalue weighted by Gasteiger charge is 2.33. The first-order valence-electron chi connectivity index (χ1n) is 9.51. The summed E-state index contributed by atoms with van der Waals surface area (Å²) in [5.41, 5.74) is 2.78. The first-order valence-corrected chi connectivity index (χ1v) is 10.3. The van der Waals surface area contributed by atoms with Gasteiger partial charge in [0.1, 0.15) is 11.9 Å². The highest BCUT2D eigenvalue weighted by atomic mass is 79.9. The van der Waals surface area contributed by atoms with Gasteiger partial charge in [-0.2, -0.15) is 5.10 Å². The van der Waals surface area contributed by atoms with Gasteiger partial charge in [0.2, 0.25) is 0 Å². The van der Waals surface area contributed by atoms with Crippen molar-refractivity contribution in [3.63, 3.8) is 0 Å². The van der Waals surface area contributed by atoms with E-state index < -0.39 is 0 Å². The Labute approximate surface area is 173 Å². The van der Waals surface area contributed by atoms with Crippen LogP contribution in [0.25, 0.3) is 5.52 Å². The van der Waals surface area contributed by atoms with Crippen molar-refractivity contribution in [3.8, 4) is 5.75 Å². The van der Waals surface area contributed by atoms with Crippen LogP contribution in [0.3, 0.4) is 0 Å². The van der Waals surface area contributed by atoms with Crippen LogP contribution in [0.15, 0.2) is 53.3 Å². The van der Waals surface area contributed by atoms with Crippen molar-refractivity contribution in [2.45, 2.75) is 51.2 Å². The largest absolute Gasteiger partial charge is 0.489 e. The molecule has 1 aromatic carbocycles. The Hall–Kier alpha value is -2.34. The second-order valence-corrected chi connectivity index (χ2v) is 9.22. The molecule has 0 bridgehead atoms. The molecule has 2 aromatic heterocycles. The summed E-state index contributed by atoms with van der Waals surface area (Å²) in [5.74, 6) is 0.769. The van der Waals surface area contributed by atoms with Gasteiger partial charge in [0.05, 0.1) is 21.7 Å². The number of nitrogens with zero attached hydrogens (tertiary/aromatic N) is 2. The molecule has 2 heterocycles. The number of amides is 1. The molecule has 0 saturated heterocycles. The number of rotatable bonds is 4. The fourth-order valence-electron chi connectivity index (χ4n) is 3.39. The predicted octanol–water partition coefficient (Wildman–Crippen LogP) is 4.73. The number of hydrogen-bond acceptors (Lipinski definition) is 3. The van der Waals surface area contributed by atoms with Gasteiger partial charge >= 0.3 is 0 Å². The minimum atomic E-state index is -0.0830. The molecule has 1 N–H and O–H groups in total. The third kappa shape index (κ3) is 3.78. The van der Waals surface area contributed by atoms with Crippen LogP contribution in [-0.2, 0) is 5.41 Å². The van der Waals surface area contributed by atoms with E-state index in [1.807, 2.05) is 30.5 Å². The zero-order valence-electron chi connectivity index (χ0n) is 16.3. The van der Waals surface area contributed by atoms with Crippen LogP contribution in [-0.4, -0.2) is 27.7 Å². The van der Waals surface area contributed by atoms with Gasteiger partial charge in [-0.15, -0.1) is 0 Å². The number of nitrogens with one attached hydrogen (secondary N) is 1. The lowest BCUT2D eigenvalue weighted by molar-refractivity contribution is 0.0698. The monoisotopic (exact) mass is 441 g/mol. The summed E-state index contributed by atoms with van der Waals surface area (Å²) >= 11 is 3.62. The summed E-state index contributed by atoms with van der Waals surface area (Å²) in [5, 5.41) is 7.31. The van der Waals surface area contributed by atoms with Crippen LogP contribution in [0.2, 0.25) is 0 Å². The highest BCUT2D eigenvalue weighted by Crippen LogP contribution is 2.34. The minimum Gasteiger partial charge on any atom is -0.489 e. The van der Waals surface area contributed by atoms with Crippen LogP contribution in [0.5, 0.6) is 5.75 Å². The molecule has 0 aliphatic heterocycles. The van der Waals surface area contributed by atoms with Crippen LogP contribution in [0, 0.1) is 0 Å². The molecule has 146 valence electrons. The Morgan fingerprint density at radius 1 is 1.25 bits per heavy atom. The van der Waals surface area contributed by atoms with Gasteiger partial charge in [-0.3, -0.25) is 4.79 Å². The van der Waals surface area contributed by atoms with Crippen molar-refractivity contribution < 1.29 is 9.53 Å². The maximum absolute atomic E-state index is 12.6. The van der Waals surface area contributed by atoms with Crippen molar-refractivity contribution >= 4 is 27.4 Å². The Morgan fingerprint density at radius 3 is 2.75 bits per heavy atom. The van der Waals surface area contributed by atoms with Gasteiger partial charge in [-0.1, -0.05) is 32.9 Å². The summed E-state index contributed by atoms with van der Waals surface area (Å²) in [6.45, 7) is 6.58. The number of carbonyl (C=O) groups is 1. The number of halogens is 1. The average Bonchev–Trinajstić information content (AvgIpc) is 3.04. The third-order valence-electron chi connectivity index (χ3n) is 5.19. The number of aromatic nitrogens is 2. The topological polar surface area (TPSA) is 55.6 Å². The lowest BCUT2D eigenvalue weighted by atomic mass is 9.87. The second-order valence-electron chi connectivity index (χ2n) is 8.37. The number of benzene rings is 1. The van der Waals surface area contributed by atoms with E-state index >= 15 is 0 Å². The van der Waals surface area contributed by atoms with Crippen molar-refractivity contribution in [1.29, 1.82) is 0 Å². The Balaban J connectivity index is 1.33. The number of hydrogen-bond donors (Lipinski definition) is 1. The molecule has 1 saturated carbocycles. The molecular weight excluding hydrogens is 418 g/mol. The van der Waals surface area contributed by atoms with Gasteiger partial charge in [0.25, 0.3) is 5.91 Å². The summed E-state index contributed by atoms with van der Waals surface area (Å²) < 4.78 is 8.79. The summed E-state index contributed by atoms with van der Waals surface area (Å²) in [6.07, 6.45) is 5.18. The maximum Gasteiger partial charge on any atom is 0.255 e. The van der Waals surface area contributed by atoms with Crippen molar-refractivity contribution in [2.75, 3.05) is 0 Å². The smallest absolute Gasteiger partial charge is 0.255 e. The van der Waals surface area contributed by atoms with E-state index in [-0.39, 0.29) is 23.5 Å². The lowest BCUT2D eigenvalue weighted by Crippen LogP contribution is -2.49. The third-order valence-corrected chi connectivity index (χ3v) is 5.81. The van der Waals surface area contributed by atoms with Gasteiger partial charge in [-0.25, -0.2) is 4.52 Å². The molecular formula is C22H24BrN3O2. The Morgan fingerprint density at radius 2 is 2.04 bits per heavy atom. The Bertz CT molecular complexity index is 1020. The molecule has 1 amide bonds. The molecule has 0 spiro atoms. The number of carbonyl (C=O) groups excluding carboxylic acids is 1. The van der Waals surface area contributed by atoms with Crippen molar-refractivity contribution in [2.24, 2.45) is 0 Å². The minimum absolute atomic E-state index is 0.0830. The number of fused-ring (bicyclic) bond motifs is 1. The molecule has 4 rings (SSSR count). The first-order chi connectivity index (χ1) is 13.3. The van der Waals surface area contributed by atoms with E-state index in [9.17, 15) is 4.79 Å². The average molecular weight is 442 g/mol. The molecule has 0 unspecified atom stereocenters. The molecule has 5 nitrogen and oxygen atoms in total. The predicted molar refractivity (Wildman–Crippen MR) is 113 cm³/mol. The van der Waals surface area contributed by atoms with Crippen LogP contribution in [0.4, 0.5) is 0 Å². The second kappa shape index (κ2) is 7.24. The lowest BCUT2D eigenvalue weighted by Gasteiger charge is -2.36. The molecule has 0 radical (unpaired) electrons. The van der Waals surface area contributed by atoms with Crippen LogP contribution in [0.1, 0.15) is 49.5 Å². The quantitative estimate of drug-likeness (QED) is 0.636. The highest BCUT2D eigenvalue weighted by molar-refractivity contribution is 9.10. The molecule has 1 aliphatic rings. The zero-order chi connectivity index (χ0) is 19.9. The number of pyridine rings is 1. The van der Waals surface area contributed by atoms with E-state index in [2.05, 4.69) is 59.2 Å².